The quantitative estimate of drug-likeness (QED) is 0.871. The lowest BCUT2D eigenvalue weighted by atomic mass is 10.0. The summed E-state index contributed by atoms with van der Waals surface area (Å²) in [6.45, 7) is 4.82. The van der Waals surface area contributed by atoms with E-state index in [1.807, 2.05) is 5.38 Å². The van der Waals surface area contributed by atoms with Crippen molar-refractivity contribution in [3.63, 3.8) is 0 Å². The van der Waals surface area contributed by atoms with Gasteiger partial charge in [0.05, 0.1) is 11.0 Å². The summed E-state index contributed by atoms with van der Waals surface area (Å²) in [4.78, 5) is 17.8. The van der Waals surface area contributed by atoms with Crippen LogP contribution in [-0.2, 0) is 11.2 Å². The van der Waals surface area contributed by atoms with Gasteiger partial charge in [-0.05, 0) is 12.3 Å². The van der Waals surface area contributed by atoms with Crippen LogP contribution in [0.5, 0.6) is 0 Å². The molecular weight excluding hydrogens is 270 g/mol. The van der Waals surface area contributed by atoms with Crippen LogP contribution in [0.1, 0.15) is 25.3 Å². The molecule has 1 rings (SSSR count). The predicted molar refractivity (Wildman–Crippen MR) is 78.1 cm³/mol. The Bertz CT molecular complexity index is 343. The van der Waals surface area contributed by atoms with Gasteiger partial charge in [-0.25, -0.2) is 4.98 Å². The second-order valence-electron chi connectivity index (χ2n) is 4.67. The van der Waals surface area contributed by atoms with E-state index in [4.69, 9.17) is 5.73 Å². The first-order valence-corrected chi connectivity index (χ1v) is 6.77. The van der Waals surface area contributed by atoms with Gasteiger partial charge in [0.1, 0.15) is 0 Å². The minimum Gasteiger partial charge on any atom is -0.344 e. The molecular formula is C12H22ClN3OS. The summed E-state index contributed by atoms with van der Waals surface area (Å²) in [5.74, 6) is 0.469. The van der Waals surface area contributed by atoms with Crippen molar-refractivity contribution in [1.82, 2.24) is 9.88 Å². The second-order valence-corrected chi connectivity index (χ2v) is 5.65. The van der Waals surface area contributed by atoms with E-state index in [9.17, 15) is 4.79 Å². The monoisotopic (exact) mass is 291 g/mol. The lowest BCUT2D eigenvalue weighted by molar-refractivity contribution is -0.131. The van der Waals surface area contributed by atoms with Crippen molar-refractivity contribution in [2.24, 2.45) is 11.7 Å². The fourth-order valence-electron chi connectivity index (χ4n) is 1.64. The molecule has 0 aliphatic rings. The van der Waals surface area contributed by atoms with Crippen molar-refractivity contribution in [3.8, 4) is 0 Å². The Hall–Kier alpha value is -0.650. The molecule has 104 valence electrons. The number of carbonyl (C=O) groups excluding carboxylic acids is 1. The molecule has 0 unspecified atom stereocenters. The molecule has 0 fully saturated rings. The molecule has 0 aliphatic carbocycles. The number of halogens is 1. The van der Waals surface area contributed by atoms with E-state index < -0.39 is 0 Å². The van der Waals surface area contributed by atoms with Gasteiger partial charge in [0.15, 0.2) is 0 Å². The van der Waals surface area contributed by atoms with E-state index in [1.165, 1.54) is 0 Å². The fraction of sp³-hybridized carbons (Fsp3) is 0.667. The molecule has 4 nitrogen and oxygen atoms in total. The Balaban J connectivity index is 0.00000289. The van der Waals surface area contributed by atoms with Crippen LogP contribution in [-0.4, -0.2) is 35.4 Å². The van der Waals surface area contributed by atoms with Crippen LogP contribution in [0.3, 0.4) is 0 Å². The van der Waals surface area contributed by atoms with Gasteiger partial charge in [0, 0.05) is 31.6 Å². The van der Waals surface area contributed by atoms with E-state index in [1.54, 1.807) is 29.5 Å². The van der Waals surface area contributed by atoms with Gasteiger partial charge >= 0.3 is 0 Å². The highest BCUT2D eigenvalue weighted by atomic mass is 35.5. The Morgan fingerprint density at radius 1 is 1.56 bits per heavy atom. The average molecular weight is 292 g/mol. The predicted octanol–water partition coefficient (Wildman–Crippen LogP) is 1.94. The van der Waals surface area contributed by atoms with Gasteiger partial charge in [-0.15, -0.1) is 23.7 Å². The molecule has 0 aliphatic heterocycles. The zero-order valence-electron chi connectivity index (χ0n) is 11.1. The van der Waals surface area contributed by atoms with Crippen molar-refractivity contribution < 1.29 is 4.79 Å². The summed E-state index contributed by atoms with van der Waals surface area (Å²) in [6, 6.07) is -0.378. The Morgan fingerprint density at radius 2 is 2.22 bits per heavy atom. The maximum Gasteiger partial charge on any atom is 0.239 e. The molecule has 1 heterocycles. The zero-order valence-corrected chi connectivity index (χ0v) is 12.8. The highest BCUT2D eigenvalue weighted by Gasteiger charge is 2.18. The molecule has 0 radical (unpaired) electrons. The molecule has 1 atom stereocenters. The van der Waals surface area contributed by atoms with Gasteiger partial charge in [-0.3, -0.25) is 4.79 Å². The number of rotatable bonds is 6. The average Bonchev–Trinajstić information content (AvgIpc) is 2.76. The molecule has 1 amide bonds. The van der Waals surface area contributed by atoms with Crippen LogP contribution in [0.25, 0.3) is 0 Å². The summed E-state index contributed by atoms with van der Waals surface area (Å²) in [6.07, 6.45) is 3.32. The molecule has 0 bridgehead atoms. The highest BCUT2D eigenvalue weighted by molar-refractivity contribution is 7.09. The minimum atomic E-state index is -0.378. The summed E-state index contributed by atoms with van der Waals surface area (Å²) in [7, 11) is 1.80. The first-order valence-electron chi connectivity index (χ1n) is 5.89. The lowest BCUT2D eigenvalue weighted by Crippen LogP contribution is -2.43. The third-order valence-electron chi connectivity index (χ3n) is 2.56. The second kappa shape index (κ2) is 8.45. The lowest BCUT2D eigenvalue weighted by Gasteiger charge is -2.21. The number of hydrogen-bond donors (Lipinski definition) is 1. The number of hydrogen-bond acceptors (Lipinski definition) is 4. The first-order chi connectivity index (χ1) is 8.00. The standard InChI is InChI=1S/C12H21N3OS.ClH/c1-9(2)8-10(13)12(16)15(3)6-4-11-14-5-7-17-11;/h5,7,9-10H,4,6,8,13H2,1-3H3;1H/t10-;/m0./s1. The van der Waals surface area contributed by atoms with E-state index in [0.717, 1.165) is 17.8 Å². The summed E-state index contributed by atoms with van der Waals surface area (Å²) >= 11 is 1.62. The summed E-state index contributed by atoms with van der Waals surface area (Å²) in [5, 5.41) is 3.00. The Labute approximate surface area is 119 Å². The van der Waals surface area contributed by atoms with Crippen molar-refractivity contribution in [3.05, 3.63) is 16.6 Å². The van der Waals surface area contributed by atoms with E-state index >= 15 is 0 Å². The topological polar surface area (TPSA) is 59.2 Å². The SMILES string of the molecule is CC(C)C[C@H](N)C(=O)N(C)CCc1nccs1.Cl. The van der Waals surface area contributed by atoms with E-state index in [-0.39, 0.29) is 24.4 Å². The Morgan fingerprint density at radius 3 is 2.72 bits per heavy atom. The van der Waals surface area contributed by atoms with E-state index in [2.05, 4.69) is 18.8 Å². The van der Waals surface area contributed by atoms with Crippen LogP contribution >= 0.6 is 23.7 Å². The number of carbonyl (C=O) groups is 1. The number of nitrogens with zero attached hydrogens (tertiary/aromatic N) is 2. The highest BCUT2D eigenvalue weighted by Crippen LogP contribution is 2.08. The molecule has 0 spiro atoms. The van der Waals surface area contributed by atoms with Crippen LogP contribution in [0.2, 0.25) is 0 Å². The van der Waals surface area contributed by atoms with Gasteiger partial charge in [-0.1, -0.05) is 13.8 Å². The largest absolute Gasteiger partial charge is 0.344 e. The molecule has 18 heavy (non-hydrogen) atoms. The van der Waals surface area contributed by atoms with Crippen LogP contribution in [0.4, 0.5) is 0 Å². The van der Waals surface area contributed by atoms with Crippen LogP contribution in [0, 0.1) is 5.92 Å². The summed E-state index contributed by atoms with van der Waals surface area (Å²) < 4.78 is 0. The Kier molecular flexibility index (Phi) is 8.15. The first kappa shape index (κ1) is 17.4. The third-order valence-corrected chi connectivity index (χ3v) is 3.40. The number of nitrogens with two attached hydrogens (primary N) is 1. The number of likely N-dealkylation sites (N-methyl/N-ethyl adjacent to an activating group) is 1. The normalized spacial score (nSPS) is 12.1. The number of amides is 1. The van der Waals surface area contributed by atoms with Gasteiger partial charge in [-0.2, -0.15) is 0 Å². The van der Waals surface area contributed by atoms with Gasteiger partial charge in [0.25, 0.3) is 0 Å². The van der Waals surface area contributed by atoms with Crippen molar-refractivity contribution >= 4 is 29.7 Å². The van der Waals surface area contributed by atoms with Crippen molar-refractivity contribution in [1.29, 1.82) is 0 Å². The molecule has 0 aromatic carbocycles. The number of thiazole rings is 1. The maximum absolute atomic E-state index is 11.9. The smallest absolute Gasteiger partial charge is 0.239 e. The molecule has 0 saturated carbocycles. The zero-order chi connectivity index (χ0) is 12.8. The molecule has 1 aromatic rings. The van der Waals surface area contributed by atoms with Gasteiger partial charge < -0.3 is 10.6 Å². The van der Waals surface area contributed by atoms with E-state index in [0.29, 0.717) is 12.5 Å². The summed E-state index contributed by atoms with van der Waals surface area (Å²) in [5.41, 5.74) is 5.86. The molecule has 1 aromatic heterocycles. The van der Waals surface area contributed by atoms with Crippen molar-refractivity contribution in [2.45, 2.75) is 32.7 Å². The molecule has 0 saturated heterocycles. The fourth-order valence-corrected chi connectivity index (χ4v) is 2.25. The minimum absolute atomic E-state index is 0. The maximum atomic E-state index is 11.9. The number of aromatic nitrogens is 1. The van der Waals surface area contributed by atoms with Crippen LogP contribution in [0.15, 0.2) is 11.6 Å². The van der Waals surface area contributed by atoms with Gasteiger partial charge in [0.2, 0.25) is 5.91 Å². The van der Waals surface area contributed by atoms with Crippen molar-refractivity contribution in [2.75, 3.05) is 13.6 Å². The molecule has 2 N–H and O–H groups in total. The molecule has 6 heteroatoms. The van der Waals surface area contributed by atoms with Crippen LogP contribution < -0.4 is 5.73 Å². The third kappa shape index (κ3) is 5.80.